The van der Waals surface area contributed by atoms with Gasteiger partial charge in [0.05, 0.1) is 7.11 Å². The van der Waals surface area contributed by atoms with Gasteiger partial charge in [0.2, 0.25) is 5.88 Å². The van der Waals surface area contributed by atoms with Gasteiger partial charge in [-0.3, -0.25) is 0 Å². The summed E-state index contributed by atoms with van der Waals surface area (Å²) in [5.74, 6) is 1.80. The lowest BCUT2D eigenvalue weighted by Crippen LogP contribution is -2.02. The number of benzene rings is 1. The summed E-state index contributed by atoms with van der Waals surface area (Å²) in [6, 6.07) is 9.87. The molecule has 1 N–H and O–H groups in total. The van der Waals surface area contributed by atoms with E-state index in [0.29, 0.717) is 18.3 Å². The van der Waals surface area contributed by atoms with Gasteiger partial charge in [0.15, 0.2) is 0 Å². The van der Waals surface area contributed by atoms with E-state index in [1.165, 1.54) is 6.33 Å². The minimum Gasteiger partial charge on any atom is -0.481 e. The zero-order valence-electron chi connectivity index (χ0n) is 10.1. The van der Waals surface area contributed by atoms with Crippen LogP contribution in [0.2, 0.25) is 0 Å². The van der Waals surface area contributed by atoms with Gasteiger partial charge >= 0.3 is 0 Å². The number of alkyl halides is 1. The van der Waals surface area contributed by atoms with E-state index in [2.05, 4.69) is 21.4 Å². The second-order valence-corrected chi connectivity index (χ2v) is 4.02. The molecule has 0 unspecified atom stereocenters. The van der Waals surface area contributed by atoms with E-state index in [1.54, 1.807) is 13.2 Å². The number of halogens is 1. The molecule has 0 aliphatic heterocycles. The highest BCUT2D eigenvalue weighted by Gasteiger charge is 1.99. The van der Waals surface area contributed by atoms with Crippen molar-refractivity contribution < 1.29 is 4.74 Å². The maximum absolute atomic E-state index is 5.80. The van der Waals surface area contributed by atoms with Crippen LogP contribution < -0.4 is 10.1 Å². The lowest BCUT2D eigenvalue weighted by Gasteiger charge is -2.07. The quantitative estimate of drug-likeness (QED) is 0.843. The van der Waals surface area contributed by atoms with Gasteiger partial charge in [-0.25, -0.2) is 9.97 Å². The van der Waals surface area contributed by atoms with E-state index in [4.69, 9.17) is 16.3 Å². The third-order valence-electron chi connectivity index (χ3n) is 2.47. The Labute approximate surface area is 111 Å². The number of aromatic nitrogens is 2. The number of rotatable bonds is 5. The second kappa shape index (κ2) is 6.21. The van der Waals surface area contributed by atoms with E-state index in [0.717, 1.165) is 16.9 Å². The molecule has 0 aliphatic rings. The molecule has 2 aromatic rings. The molecule has 1 heterocycles. The van der Waals surface area contributed by atoms with Crippen molar-refractivity contribution in [1.29, 1.82) is 0 Å². The highest BCUT2D eigenvalue weighted by atomic mass is 35.5. The molecule has 2 rings (SSSR count). The van der Waals surface area contributed by atoms with Gasteiger partial charge in [-0.2, -0.15) is 0 Å². The SMILES string of the molecule is COc1cc(NCc2cccc(CCl)c2)ncn1. The molecule has 18 heavy (non-hydrogen) atoms. The van der Waals surface area contributed by atoms with Crippen LogP contribution >= 0.6 is 11.6 Å². The fourth-order valence-corrected chi connectivity index (χ4v) is 1.73. The number of ether oxygens (including phenoxy) is 1. The summed E-state index contributed by atoms with van der Waals surface area (Å²) in [7, 11) is 1.58. The lowest BCUT2D eigenvalue weighted by molar-refractivity contribution is 0.397. The van der Waals surface area contributed by atoms with Gasteiger partial charge in [0.25, 0.3) is 0 Å². The Morgan fingerprint density at radius 2 is 2.06 bits per heavy atom. The molecule has 0 atom stereocenters. The van der Waals surface area contributed by atoms with Gasteiger partial charge < -0.3 is 10.1 Å². The summed E-state index contributed by atoms with van der Waals surface area (Å²) in [6.07, 6.45) is 1.47. The predicted molar refractivity (Wildman–Crippen MR) is 71.9 cm³/mol. The Morgan fingerprint density at radius 3 is 2.83 bits per heavy atom. The Bertz CT molecular complexity index is 472. The summed E-state index contributed by atoms with van der Waals surface area (Å²) in [5, 5.41) is 3.21. The van der Waals surface area contributed by atoms with E-state index < -0.39 is 0 Å². The lowest BCUT2D eigenvalue weighted by atomic mass is 10.1. The van der Waals surface area contributed by atoms with Crippen LogP contribution in [0.5, 0.6) is 5.88 Å². The van der Waals surface area contributed by atoms with Crippen LogP contribution in [0.15, 0.2) is 36.7 Å². The van der Waals surface area contributed by atoms with Crippen LogP contribution in [0.1, 0.15) is 11.1 Å². The van der Waals surface area contributed by atoms with Crippen molar-refractivity contribution in [3.8, 4) is 5.88 Å². The molecule has 0 saturated heterocycles. The van der Waals surface area contributed by atoms with Crippen molar-refractivity contribution >= 4 is 17.4 Å². The van der Waals surface area contributed by atoms with E-state index in [1.807, 2.05) is 18.2 Å². The molecule has 1 aromatic carbocycles. The molecule has 4 nitrogen and oxygen atoms in total. The molecule has 0 spiro atoms. The number of nitrogens with zero attached hydrogens (tertiary/aromatic N) is 2. The van der Waals surface area contributed by atoms with Crippen molar-refractivity contribution in [3.05, 3.63) is 47.8 Å². The molecule has 1 aromatic heterocycles. The first-order chi connectivity index (χ1) is 8.81. The van der Waals surface area contributed by atoms with Gasteiger partial charge in [-0.1, -0.05) is 24.3 Å². The summed E-state index contributed by atoms with van der Waals surface area (Å²) >= 11 is 5.80. The van der Waals surface area contributed by atoms with E-state index >= 15 is 0 Å². The smallest absolute Gasteiger partial charge is 0.218 e. The first kappa shape index (κ1) is 12.6. The molecule has 0 radical (unpaired) electrons. The Morgan fingerprint density at radius 1 is 1.22 bits per heavy atom. The minimum absolute atomic E-state index is 0.523. The molecule has 94 valence electrons. The normalized spacial score (nSPS) is 10.1. The second-order valence-electron chi connectivity index (χ2n) is 3.75. The maximum atomic E-state index is 5.80. The zero-order valence-corrected chi connectivity index (χ0v) is 10.8. The predicted octanol–water partition coefficient (Wildman–Crippen LogP) is 2.84. The monoisotopic (exact) mass is 263 g/mol. The summed E-state index contributed by atoms with van der Waals surface area (Å²) in [5.41, 5.74) is 2.27. The summed E-state index contributed by atoms with van der Waals surface area (Å²) in [6.45, 7) is 0.685. The van der Waals surface area contributed by atoms with Gasteiger partial charge in [0.1, 0.15) is 12.1 Å². The van der Waals surface area contributed by atoms with Crippen molar-refractivity contribution in [2.24, 2.45) is 0 Å². The summed E-state index contributed by atoms with van der Waals surface area (Å²) in [4.78, 5) is 8.07. The standard InChI is InChI=1S/C13H14ClN3O/c1-18-13-6-12(16-9-17-13)15-8-11-4-2-3-10(5-11)7-14/h2-6,9H,7-8H2,1H3,(H,15,16,17). The Balaban J connectivity index is 2.01. The van der Waals surface area contributed by atoms with Gasteiger partial charge in [-0.15, -0.1) is 11.6 Å². The van der Waals surface area contributed by atoms with E-state index in [-0.39, 0.29) is 0 Å². The first-order valence-corrected chi connectivity index (χ1v) is 6.09. The van der Waals surface area contributed by atoms with Crippen LogP contribution in [0.3, 0.4) is 0 Å². The fourth-order valence-electron chi connectivity index (χ4n) is 1.56. The van der Waals surface area contributed by atoms with Crippen molar-refractivity contribution in [3.63, 3.8) is 0 Å². The van der Waals surface area contributed by atoms with Crippen LogP contribution in [0.25, 0.3) is 0 Å². The number of hydrogen-bond acceptors (Lipinski definition) is 4. The molecule has 0 aliphatic carbocycles. The minimum atomic E-state index is 0.523. The molecule has 5 heteroatoms. The average Bonchev–Trinajstić information content (AvgIpc) is 2.45. The number of nitrogens with one attached hydrogen (secondary N) is 1. The topological polar surface area (TPSA) is 47.0 Å². The molecule has 0 fully saturated rings. The summed E-state index contributed by atoms with van der Waals surface area (Å²) < 4.78 is 5.03. The van der Waals surface area contributed by atoms with Crippen molar-refractivity contribution in [2.45, 2.75) is 12.4 Å². The molecule has 0 bridgehead atoms. The highest BCUT2D eigenvalue weighted by Crippen LogP contribution is 2.13. The van der Waals surface area contributed by atoms with Gasteiger partial charge in [0, 0.05) is 18.5 Å². The van der Waals surface area contributed by atoms with Crippen LogP contribution in [0.4, 0.5) is 5.82 Å². The molecule has 0 saturated carbocycles. The van der Waals surface area contributed by atoms with E-state index in [9.17, 15) is 0 Å². The van der Waals surface area contributed by atoms with Crippen molar-refractivity contribution in [1.82, 2.24) is 9.97 Å². The number of methoxy groups -OCH3 is 1. The van der Waals surface area contributed by atoms with Crippen LogP contribution in [-0.2, 0) is 12.4 Å². The van der Waals surface area contributed by atoms with Gasteiger partial charge in [-0.05, 0) is 11.1 Å². The third-order valence-corrected chi connectivity index (χ3v) is 2.78. The molecular formula is C13H14ClN3O. The first-order valence-electron chi connectivity index (χ1n) is 5.55. The maximum Gasteiger partial charge on any atom is 0.218 e. The fraction of sp³-hybridized carbons (Fsp3) is 0.231. The Kier molecular flexibility index (Phi) is 4.36. The largest absolute Gasteiger partial charge is 0.481 e. The molecular weight excluding hydrogens is 250 g/mol. The highest BCUT2D eigenvalue weighted by molar-refractivity contribution is 6.17. The molecule has 0 amide bonds. The Hall–Kier alpha value is -1.81. The van der Waals surface area contributed by atoms with Crippen molar-refractivity contribution in [2.75, 3.05) is 12.4 Å². The van der Waals surface area contributed by atoms with Crippen LogP contribution in [-0.4, -0.2) is 17.1 Å². The zero-order chi connectivity index (χ0) is 12.8. The number of anilines is 1. The van der Waals surface area contributed by atoms with Crippen LogP contribution in [0, 0.1) is 0 Å². The third kappa shape index (κ3) is 3.34. The number of hydrogen-bond donors (Lipinski definition) is 1. The average molecular weight is 264 g/mol.